The lowest BCUT2D eigenvalue weighted by atomic mass is 9.80. The van der Waals surface area contributed by atoms with Gasteiger partial charge in [-0.05, 0) is 54.6 Å². The molecule has 3 amide bonds. The summed E-state index contributed by atoms with van der Waals surface area (Å²) in [6.07, 6.45) is -1.31. The standard InChI is InChI=1S/C25H21F2N3O4/c26-25(27)13-11-24(12-14-25)22(33)29(23(34)28-24)15-20(31)17-5-8-18(9-6-17)30-19-4-2-1-3-16(19)7-10-21(30)32/h1-10H,11-15H2,(H,28,34). The first-order valence-electron chi connectivity index (χ1n) is 11.0. The van der Waals surface area contributed by atoms with Crippen molar-refractivity contribution < 1.29 is 23.2 Å². The Morgan fingerprint density at radius 1 is 0.882 bits per heavy atom. The summed E-state index contributed by atoms with van der Waals surface area (Å²) in [6, 6.07) is 16.2. The minimum Gasteiger partial charge on any atom is -0.323 e. The number of halogens is 2. The summed E-state index contributed by atoms with van der Waals surface area (Å²) in [4.78, 5) is 51.4. The van der Waals surface area contributed by atoms with Gasteiger partial charge in [0.25, 0.3) is 11.5 Å². The molecule has 2 heterocycles. The second kappa shape index (κ2) is 7.86. The summed E-state index contributed by atoms with van der Waals surface area (Å²) in [7, 11) is 0. The highest BCUT2D eigenvalue weighted by Gasteiger charge is 2.55. The molecule has 1 spiro atoms. The molecule has 0 atom stereocenters. The molecule has 174 valence electrons. The van der Waals surface area contributed by atoms with Crippen LogP contribution in [0.3, 0.4) is 0 Å². The van der Waals surface area contributed by atoms with Crippen LogP contribution in [0.4, 0.5) is 13.6 Å². The van der Waals surface area contributed by atoms with Crippen molar-refractivity contribution in [2.45, 2.75) is 37.1 Å². The number of aromatic nitrogens is 1. The van der Waals surface area contributed by atoms with Gasteiger partial charge in [-0.25, -0.2) is 13.6 Å². The first-order valence-corrected chi connectivity index (χ1v) is 11.0. The van der Waals surface area contributed by atoms with Crippen LogP contribution in [-0.4, -0.2) is 45.2 Å². The molecular weight excluding hydrogens is 444 g/mol. The molecule has 0 unspecified atom stereocenters. The molecule has 3 aromatic rings. The van der Waals surface area contributed by atoms with E-state index in [9.17, 15) is 28.0 Å². The second-order valence-corrected chi connectivity index (χ2v) is 8.80. The van der Waals surface area contributed by atoms with Gasteiger partial charge in [0.15, 0.2) is 5.78 Å². The largest absolute Gasteiger partial charge is 0.325 e. The summed E-state index contributed by atoms with van der Waals surface area (Å²) in [6.45, 7) is -0.490. The number of nitrogens with one attached hydrogen (secondary N) is 1. The fraction of sp³-hybridized carbons (Fsp3) is 0.280. The van der Waals surface area contributed by atoms with Gasteiger partial charge in [0.1, 0.15) is 5.54 Å². The summed E-state index contributed by atoms with van der Waals surface area (Å²) in [5.74, 6) is -3.97. The molecule has 7 nitrogen and oxygen atoms in total. The highest BCUT2D eigenvalue weighted by molar-refractivity contribution is 6.11. The highest BCUT2D eigenvalue weighted by atomic mass is 19.3. The fourth-order valence-corrected chi connectivity index (χ4v) is 4.69. The maximum Gasteiger partial charge on any atom is 0.325 e. The minimum absolute atomic E-state index is 0.163. The molecule has 1 saturated carbocycles. The Morgan fingerprint density at radius 3 is 2.26 bits per heavy atom. The van der Waals surface area contributed by atoms with Crippen molar-refractivity contribution in [1.82, 2.24) is 14.8 Å². The number of para-hydroxylation sites is 1. The van der Waals surface area contributed by atoms with Gasteiger partial charge in [0, 0.05) is 30.2 Å². The lowest BCUT2D eigenvalue weighted by Gasteiger charge is -2.34. The lowest BCUT2D eigenvalue weighted by molar-refractivity contribution is -0.135. The van der Waals surface area contributed by atoms with Gasteiger partial charge in [-0.15, -0.1) is 0 Å². The van der Waals surface area contributed by atoms with Crippen molar-refractivity contribution in [2.24, 2.45) is 0 Å². The highest BCUT2D eigenvalue weighted by Crippen LogP contribution is 2.41. The SMILES string of the molecule is O=C(CN1C(=O)NC2(CCC(F)(F)CC2)C1=O)c1ccc(-n2c(=O)ccc3ccccc32)cc1. The molecule has 0 radical (unpaired) electrons. The van der Waals surface area contributed by atoms with Gasteiger partial charge < -0.3 is 5.32 Å². The number of ketones is 1. The quantitative estimate of drug-likeness (QED) is 0.470. The Kier molecular flexibility index (Phi) is 5.07. The summed E-state index contributed by atoms with van der Waals surface area (Å²) < 4.78 is 28.6. The number of Topliss-reactive ketones (excluding diaryl/α,β-unsaturated/α-hetero) is 1. The zero-order valence-corrected chi connectivity index (χ0v) is 18.1. The molecule has 2 aromatic carbocycles. The Bertz CT molecular complexity index is 1370. The monoisotopic (exact) mass is 465 g/mol. The number of rotatable bonds is 4. The third-order valence-corrected chi connectivity index (χ3v) is 6.63. The van der Waals surface area contributed by atoms with Crippen LogP contribution in [0.1, 0.15) is 36.0 Å². The number of fused-ring (bicyclic) bond motifs is 1. The first-order chi connectivity index (χ1) is 16.2. The number of hydrogen-bond acceptors (Lipinski definition) is 4. The molecule has 0 bridgehead atoms. The summed E-state index contributed by atoms with van der Waals surface area (Å²) in [5.41, 5.74) is -0.0419. The maximum atomic E-state index is 13.5. The molecule has 1 saturated heterocycles. The van der Waals surface area contributed by atoms with Crippen LogP contribution in [0.25, 0.3) is 16.6 Å². The molecule has 1 N–H and O–H groups in total. The Morgan fingerprint density at radius 2 is 1.56 bits per heavy atom. The summed E-state index contributed by atoms with van der Waals surface area (Å²) in [5, 5.41) is 3.42. The van der Waals surface area contributed by atoms with Gasteiger partial charge in [-0.2, -0.15) is 0 Å². The Labute approximate surface area is 193 Å². The van der Waals surface area contributed by atoms with Crippen molar-refractivity contribution in [3.63, 3.8) is 0 Å². The van der Waals surface area contributed by atoms with E-state index in [4.69, 9.17) is 0 Å². The van der Waals surface area contributed by atoms with Gasteiger partial charge in [-0.3, -0.25) is 23.9 Å². The molecule has 5 rings (SSSR count). The third-order valence-electron chi connectivity index (χ3n) is 6.63. The molecule has 1 aliphatic carbocycles. The summed E-state index contributed by atoms with van der Waals surface area (Å²) >= 11 is 0. The number of carbonyl (C=O) groups excluding carboxylic acids is 3. The fourth-order valence-electron chi connectivity index (χ4n) is 4.69. The van der Waals surface area contributed by atoms with Crippen molar-refractivity contribution in [2.75, 3.05) is 6.54 Å². The van der Waals surface area contributed by atoms with E-state index in [2.05, 4.69) is 5.32 Å². The van der Waals surface area contributed by atoms with Crippen LogP contribution in [0.15, 0.2) is 65.5 Å². The van der Waals surface area contributed by atoms with Crippen LogP contribution in [0.5, 0.6) is 0 Å². The van der Waals surface area contributed by atoms with Gasteiger partial charge >= 0.3 is 6.03 Å². The van der Waals surface area contributed by atoms with E-state index in [1.807, 2.05) is 24.3 Å². The van der Waals surface area contributed by atoms with Crippen molar-refractivity contribution in [1.29, 1.82) is 0 Å². The van der Waals surface area contributed by atoms with Crippen LogP contribution < -0.4 is 10.9 Å². The van der Waals surface area contributed by atoms with Crippen LogP contribution in [0.2, 0.25) is 0 Å². The molecule has 34 heavy (non-hydrogen) atoms. The van der Waals surface area contributed by atoms with E-state index in [1.54, 1.807) is 18.2 Å². The van der Waals surface area contributed by atoms with Crippen molar-refractivity contribution in [3.05, 3.63) is 76.6 Å². The smallest absolute Gasteiger partial charge is 0.323 e. The average Bonchev–Trinajstić information content (AvgIpc) is 3.05. The number of nitrogens with zero attached hydrogens (tertiary/aromatic N) is 2. The van der Waals surface area contributed by atoms with E-state index >= 15 is 0 Å². The number of benzene rings is 2. The van der Waals surface area contributed by atoms with E-state index in [0.717, 1.165) is 15.8 Å². The Hall–Kier alpha value is -3.88. The minimum atomic E-state index is -2.85. The van der Waals surface area contributed by atoms with Crippen LogP contribution >= 0.6 is 0 Å². The molecule has 1 aromatic heterocycles. The molecule has 2 aliphatic rings. The molecule has 9 heteroatoms. The molecular formula is C25H21F2N3O4. The second-order valence-electron chi connectivity index (χ2n) is 8.80. The van der Waals surface area contributed by atoms with Crippen LogP contribution in [-0.2, 0) is 4.79 Å². The number of urea groups is 1. The lowest BCUT2D eigenvalue weighted by Crippen LogP contribution is -2.51. The van der Waals surface area contributed by atoms with Crippen LogP contribution in [0, 0.1) is 0 Å². The zero-order valence-electron chi connectivity index (χ0n) is 18.1. The van der Waals surface area contributed by atoms with Gasteiger partial charge in [-0.1, -0.05) is 18.2 Å². The number of hydrogen-bond donors (Lipinski definition) is 1. The molecule has 2 fully saturated rings. The van der Waals surface area contributed by atoms with E-state index in [-0.39, 0.29) is 24.0 Å². The number of imide groups is 1. The molecule has 1 aliphatic heterocycles. The Balaban J connectivity index is 1.35. The van der Waals surface area contributed by atoms with E-state index < -0.39 is 48.6 Å². The zero-order chi connectivity index (χ0) is 24.1. The van der Waals surface area contributed by atoms with Crippen molar-refractivity contribution in [3.8, 4) is 5.69 Å². The van der Waals surface area contributed by atoms with Gasteiger partial charge in [0.05, 0.1) is 12.1 Å². The predicted octanol–water partition coefficient (Wildman–Crippen LogP) is 3.67. The van der Waals surface area contributed by atoms with Crippen molar-refractivity contribution >= 4 is 28.6 Å². The number of alkyl halides is 2. The van der Waals surface area contributed by atoms with Gasteiger partial charge in [0.2, 0.25) is 5.92 Å². The average molecular weight is 465 g/mol. The first kappa shape index (κ1) is 21.9. The third kappa shape index (κ3) is 3.67. The van der Waals surface area contributed by atoms with E-state index in [1.165, 1.54) is 22.8 Å². The number of amides is 3. The van der Waals surface area contributed by atoms with E-state index in [0.29, 0.717) is 5.69 Å². The number of carbonyl (C=O) groups is 3. The topological polar surface area (TPSA) is 88.5 Å². The normalized spacial score (nSPS) is 18.9. The predicted molar refractivity (Wildman–Crippen MR) is 120 cm³/mol. The number of pyridine rings is 1. The maximum absolute atomic E-state index is 13.5.